The molecule has 6 heteroatoms. The molecule has 1 aromatic rings. The zero-order valence-electron chi connectivity index (χ0n) is 11.4. The summed E-state index contributed by atoms with van der Waals surface area (Å²) < 4.78 is 26.8. The first-order chi connectivity index (χ1) is 9.14. The Balaban J connectivity index is 2.11. The zero-order chi connectivity index (χ0) is 13.7. The molecule has 1 unspecified atom stereocenters. The number of rotatable bonds is 7. The number of nitrogens with zero attached hydrogens (tertiary/aromatic N) is 1. The fourth-order valence-corrected chi connectivity index (χ4v) is 3.92. The van der Waals surface area contributed by atoms with E-state index in [0.29, 0.717) is 24.0 Å². The first-order valence-corrected chi connectivity index (χ1v) is 8.45. The summed E-state index contributed by atoms with van der Waals surface area (Å²) in [5.41, 5.74) is 0. The minimum Gasteiger partial charge on any atom is -0.366 e. The van der Waals surface area contributed by atoms with E-state index in [-0.39, 0.29) is 0 Å². The summed E-state index contributed by atoms with van der Waals surface area (Å²) in [6.07, 6.45) is 7.30. The van der Waals surface area contributed by atoms with E-state index in [2.05, 4.69) is 17.2 Å². The highest BCUT2D eigenvalue weighted by Gasteiger charge is 2.28. The van der Waals surface area contributed by atoms with Crippen molar-refractivity contribution in [2.24, 2.45) is 0 Å². The SMILES string of the molecule is CCCCN(CC1CCCN1)S(=O)(=O)c1cc[nH]c1. The molecule has 1 atom stereocenters. The van der Waals surface area contributed by atoms with Crippen molar-refractivity contribution in [2.45, 2.75) is 43.5 Å². The van der Waals surface area contributed by atoms with E-state index in [0.717, 1.165) is 32.2 Å². The number of hydrogen-bond acceptors (Lipinski definition) is 3. The van der Waals surface area contributed by atoms with Crippen molar-refractivity contribution in [3.8, 4) is 0 Å². The van der Waals surface area contributed by atoms with Crippen LogP contribution in [0.4, 0.5) is 0 Å². The Morgan fingerprint density at radius 1 is 1.47 bits per heavy atom. The predicted octanol–water partition coefficient (Wildman–Crippen LogP) is 1.56. The standard InChI is InChI=1S/C13H23N3O2S/c1-2-3-9-16(11-12-5-4-7-15-12)19(17,18)13-6-8-14-10-13/h6,8,10,12,14-15H,2-5,7,9,11H2,1H3. The number of hydrogen-bond donors (Lipinski definition) is 2. The van der Waals surface area contributed by atoms with Gasteiger partial charge in [-0.15, -0.1) is 0 Å². The molecule has 2 rings (SSSR count). The molecule has 2 heterocycles. The predicted molar refractivity (Wildman–Crippen MR) is 75.5 cm³/mol. The first kappa shape index (κ1) is 14.6. The molecule has 1 aliphatic rings. The lowest BCUT2D eigenvalue weighted by Gasteiger charge is -2.24. The van der Waals surface area contributed by atoms with Crippen LogP contribution in [0.15, 0.2) is 23.4 Å². The van der Waals surface area contributed by atoms with Crippen LogP contribution in [0, 0.1) is 0 Å². The second-order valence-corrected chi connectivity index (χ2v) is 6.99. The Bertz CT molecular complexity index is 464. The summed E-state index contributed by atoms with van der Waals surface area (Å²) in [6, 6.07) is 1.92. The molecule has 108 valence electrons. The van der Waals surface area contributed by atoms with E-state index in [9.17, 15) is 8.42 Å². The topological polar surface area (TPSA) is 65.2 Å². The van der Waals surface area contributed by atoms with E-state index in [1.165, 1.54) is 0 Å². The van der Waals surface area contributed by atoms with Gasteiger partial charge in [-0.1, -0.05) is 13.3 Å². The van der Waals surface area contributed by atoms with Crippen LogP contribution in [0.3, 0.4) is 0 Å². The molecule has 1 aromatic heterocycles. The Hall–Kier alpha value is -0.850. The van der Waals surface area contributed by atoms with Crippen molar-refractivity contribution in [2.75, 3.05) is 19.6 Å². The molecule has 0 spiro atoms. The van der Waals surface area contributed by atoms with Crippen LogP contribution in [-0.4, -0.2) is 43.4 Å². The lowest BCUT2D eigenvalue weighted by atomic mass is 10.2. The van der Waals surface area contributed by atoms with Gasteiger partial charge in [0.1, 0.15) is 0 Å². The summed E-state index contributed by atoms with van der Waals surface area (Å²) in [7, 11) is -3.36. The lowest BCUT2D eigenvalue weighted by Crippen LogP contribution is -2.41. The molecule has 0 aromatic carbocycles. The summed E-state index contributed by atoms with van der Waals surface area (Å²) >= 11 is 0. The van der Waals surface area contributed by atoms with Gasteiger partial charge in [-0.05, 0) is 31.9 Å². The quantitative estimate of drug-likeness (QED) is 0.799. The molecular weight excluding hydrogens is 262 g/mol. The van der Waals surface area contributed by atoms with Crippen molar-refractivity contribution in [3.63, 3.8) is 0 Å². The minimum absolute atomic E-state index is 0.297. The van der Waals surface area contributed by atoms with Gasteiger partial charge in [-0.2, -0.15) is 4.31 Å². The molecule has 2 N–H and O–H groups in total. The average molecular weight is 285 g/mol. The summed E-state index contributed by atoms with van der Waals surface area (Å²) in [6.45, 7) is 4.25. The highest BCUT2D eigenvalue weighted by atomic mass is 32.2. The van der Waals surface area contributed by atoms with Crippen LogP contribution < -0.4 is 5.32 Å². The average Bonchev–Trinajstić information content (AvgIpc) is 3.06. The molecule has 0 bridgehead atoms. The number of unbranched alkanes of at least 4 members (excludes halogenated alkanes) is 1. The highest BCUT2D eigenvalue weighted by Crippen LogP contribution is 2.18. The lowest BCUT2D eigenvalue weighted by molar-refractivity contribution is 0.364. The van der Waals surface area contributed by atoms with Gasteiger partial charge < -0.3 is 10.3 Å². The van der Waals surface area contributed by atoms with Crippen LogP contribution in [0.5, 0.6) is 0 Å². The maximum atomic E-state index is 12.6. The van der Waals surface area contributed by atoms with Gasteiger partial charge in [0, 0.05) is 31.5 Å². The van der Waals surface area contributed by atoms with Gasteiger partial charge in [0.05, 0.1) is 4.90 Å². The number of sulfonamides is 1. The Kier molecular flexibility index (Phi) is 5.01. The number of H-pyrrole nitrogens is 1. The van der Waals surface area contributed by atoms with Crippen LogP contribution in [0.25, 0.3) is 0 Å². The van der Waals surface area contributed by atoms with E-state index < -0.39 is 10.0 Å². The molecule has 1 saturated heterocycles. The van der Waals surface area contributed by atoms with E-state index in [1.54, 1.807) is 22.8 Å². The van der Waals surface area contributed by atoms with Crippen LogP contribution in [0.2, 0.25) is 0 Å². The van der Waals surface area contributed by atoms with Crippen LogP contribution in [0.1, 0.15) is 32.6 Å². The van der Waals surface area contributed by atoms with Gasteiger partial charge in [0.15, 0.2) is 0 Å². The van der Waals surface area contributed by atoms with Crippen LogP contribution >= 0.6 is 0 Å². The third-order valence-electron chi connectivity index (χ3n) is 3.55. The molecule has 1 fully saturated rings. The Morgan fingerprint density at radius 2 is 2.32 bits per heavy atom. The first-order valence-electron chi connectivity index (χ1n) is 7.01. The molecule has 5 nitrogen and oxygen atoms in total. The third-order valence-corrected chi connectivity index (χ3v) is 5.42. The van der Waals surface area contributed by atoms with Gasteiger partial charge in [-0.3, -0.25) is 0 Å². The van der Waals surface area contributed by atoms with Crippen molar-refractivity contribution >= 4 is 10.0 Å². The number of nitrogens with one attached hydrogen (secondary N) is 2. The Labute approximate surface area is 115 Å². The second-order valence-electron chi connectivity index (χ2n) is 5.06. The zero-order valence-corrected chi connectivity index (χ0v) is 12.2. The van der Waals surface area contributed by atoms with Crippen LogP contribution in [-0.2, 0) is 10.0 Å². The fraction of sp³-hybridized carbons (Fsp3) is 0.692. The largest absolute Gasteiger partial charge is 0.366 e. The van der Waals surface area contributed by atoms with Crippen molar-refractivity contribution in [3.05, 3.63) is 18.5 Å². The summed E-state index contributed by atoms with van der Waals surface area (Å²) in [4.78, 5) is 3.18. The molecule has 0 amide bonds. The Morgan fingerprint density at radius 3 is 2.89 bits per heavy atom. The molecule has 19 heavy (non-hydrogen) atoms. The van der Waals surface area contributed by atoms with Gasteiger partial charge >= 0.3 is 0 Å². The van der Waals surface area contributed by atoms with Crippen molar-refractivity contribution < 1.29 is 8.42 Å². The van der Waals surface area contributed by atoms with E-state index >= 15 is 0 Å². The van der Waals surface area contributed by atoms with Crippen molar-refractivity contribution in [1.29, 1.82) is 0 Å². The van der Waals surface area contributed by atoms with E-state index in [4.69, 9.17) is 0 Å². The summed E-state index contributed by atoms with van der Waals surface area (Å²) in [5.74, 6) is 0. The number of aromatic nitrogens is 1. The maximum absolute atomic E-state index is 12.6. The van der Waals surface area contributed by atoms with Gasteiger partial charge in [0.2, 0.25) is 10.0 Å². The van der Waals surface area contributed by atoms with Crippen molar-refractivity contribution in [1.82, 2.24) is 14.6 Å². The molecule has 1 aliphatic heterocycles. The molecular formula is C13H23N3O2S. The monoisotopic (exact) mass is 285 g/mol. The smallest absolute Gasteiger partial charge is 0.244 e. The fourth-order valence-electron chi connectivity index (χ4n) is 2.42. The maximum Gasteiger partial charge on any atom is 0.244 e. The molecule has 0 saturated carbocycles. The highest BCUT2D eigenvalue weighted by molar-refractivity contribution is 7.89. The minimum atomic E-state index is -3.36. The second kappa shape index (κ2) is 6.54. The molecule has 0 radical (unpaired) electrons. The normalized spacial score (nSPS) is 20.2. The summed E-state index contributed by atoms with van der Waals surface area (Å²) in [5, 5.41) is 3.37. The van der Waals surface area contributed by atoms with E-state index in [1.807, 2.05) is 0 Å². The third kappa shape index (κ3) is 3.58. The van der Waals surface area contributed by atoms with Gasteiger partial charge in [-0.25, -0.2) is 8.42 Å². The number of aromatic amines is 1. The van der Waals surface area contributed by atoms with Gasteiger partial charge in [0.25, 0.3) is 0 Å². The molecule has 0 aliphatic carbocycles.